The average molecular weight is 573 g/mol. The molecule has 2 fully saturated rings. The Balaban J connectivity index is 1.87. The van der Waals surface area contributed by atoms with E-state index < -0.39 is 70.6 Å². The number of ether oxygens (including phenoxy) is 1. The number of aliphatic hydroxyl groups excluding tert-OH is 2. The monoisotopic (exact) mass is 572 g/mol. The van der Waals surface area contributed by atoms with E-state index >= 15 is 0 Å². The van der Waals surface area contributed by atoms with Crippen LogP contribution in [-0.4, -0.2) is 101 Å². The van der Waals surface area contributed by atoms with Crippen molar-refractivity contribution in [1.82, 2.24) is 4.90 Å². The summed E-state index contributed by atoms with van der Waals surface area (Å²) in [6.45, 7) is 3.60. The molecule has 2 amide bonds. The molecule has 4 rings (SSSR count). The molecular weight excluding hydrogens is 536 g/mol. The number of nitrogens with one attached hydrogen (secondary N) is 1. The third-order valence-corrected chi connectivity index (χ3v) is 8.34. The number of hydrogen-bond donors (Lipinski definition) is 6. The molecule has 222 valence electrons. The van der Waals surface area contributed by atoms with Gasteiger partial charge in [0.25, 0.3) is 0 Å². The van der Waals surface area contributed by atoms with E-state index in [-0.39, 0.29) is 36.3 Å². The second-order valence-corrected chi connectivity index (χ2v) is 11.2. The van der Waals surface area contributed by atoms with Gasteiger partial charge in [-0.25, -0.2) is 4.79 Å². The number of hydrogen-bond acceptors (Lipinski definition) is 11. The molecule has 0 bridgehead atoms. The van der Waals surface area contributed by atoms with Crippen molar-refractivity contribution in [2.45, 2.75) is 37.0 Å². The number of aromatic hydroxyl groups is 1. The summed E-state index contributed by atoms with van der Waals surface area (Å²) >= 11 is 0. The van der Waals surface area contributed by atoms with E-state index in [0.717, 1.165) is 0 Å². The molecule has 13 nitrogen and oxygen atoms in total. The number of amides is 2. The number of rotatable bonds is 7. The van der Waals surface area contributed by atoms with Crippen LogP contribution in [0.1, 0.15) is 24.0 Å². The number of ketones is 2. The number of phenolic OH excluding ortho intramolecular Hbond substituents is 1. The molecule has 0 saturated heterocycles. The summed E-state index contributed by atoms with van der Waals surface area (Å²) in [6, 6.07) is 0.528. The number of Topliss-reactive ketones (excluding diaryl/α,β-unsaturated/α-hetero) is 2. The predicted octanol–water partition coefficient (Wildman–Crippen LogP) is 0.320. The average Bonchev–Trinajstić information content (AvgIpc) is 2.87. The number of nitrogens with zero attached hydrogens (tertiary/aromatic N) is 2. The SMILES string of the molecule is C=CCCOC(=O)Nc1cc(N(C)C)c2c(c1O)C(O)=C1C(=O)[C@@]3(O)C(=O)C(C(N)=O)C(O)[C@H](N(C)C)[C@H]3C[C@H]1C2. The summed E-state index contributed by atoms with van der Waals surface area (Å²) in [5.74, 6) is -8.40. The van der Waals surface area contributed by atoms with Gasteiger partial charge in [-0.3, -0.25) is 19.7 Å². The lowest BCUT2D eigenvalue weighted by Crippen LogP contribution is -2.73. The highest BCUT2D eigenvalue weighted by molar-refractivity contribution is 6.25. The molecule has 2 unspecified atom stereocenters. The molecule has 6 atom stereocenters. The molecule has 0 radical (unpaired) electrons. The Morgan fingerprint density at radius 1 is 1.24 bits per heavy atom. The van der Waals surface area contributed by atoms with Gasteiger partial charge in [0.2, 0.25) is 11.7 Å². The van der Waals surface area contributed by atoms with Gasteiger partial charge in [-0.15, -0.1) is 6.58 Å². The third-order valence-electron chi connectivity index (χ3n) is 8.34. The van der Waals surface area contributed by atoms with Crippen LogP contribution in [-0.2, 0) is 25.5 Å². The van der Waals surface area contributed by atoms with Crippen molar-refractivity contribution >= 4 is 40.7 Å². The number of nitrogens with two attached hydrogens (primary N) is 1. The highest BCUT2D eigenvalue weighted by atomic mass is 16.5. The number of phenols is 1. The van der Waals surface area contributed by atoms with Crippen LogP contribution >= 0.6 is 0 Å². The minimum absolute atomic E-state index is 0.00145. The van der Waals surface area contributed by atoms with Crippen LogP contribution in [0, 0.1) is 17.8 Å². The molecule has 2 saturated carbocycles. The molecule has 41 heavy (non-hydrogen) atoms. The zero-order valence-corrected chi connectivity index (χ0v) is 23.4. The first-order valence-corrected chi connectivity index (χ1v) is 13.2. The molecular formula is C28H36N4O9. The molecule has 7 N–H and O–H groups in total. The Labute approximate surface area is 236 Å². The Bertz CT molecular complexity index is 1350. The van der Waals surface area contributed by atoms with Crippen molar-refractivity contribution in [2.24, 2.45) is 23.5 Å². The summed E-state index contributed by atoms with van der Waals surface area (Å²) in [5, 5.41) is 47.8. The summed E-state index contributed by atoms with van der Waals surface area (Å²) in [4.78, 5) is 55.2. The van der Waals surface area contributed by atoms with Crippen molar-refractivity contribution in [3.05, 3.63) is 35.4 Å². The quantitative estimate of drug-likeness (QED) is 0.114. The van der Waals surface area contributed by atoms with E-state index in [1.165, 1.54) is 11.0 Å². The van der Waals surface area contributed by atoms with Crippen LogP contribution in [0.4, 0.5) is 16.2 Å². The summed E-state index contributed by atoms with van der Waals surface area (Å²) in [7, 11) is 6.62. The van der Waals surface area contributed by atoms with Crippen LogP contribution in [0.3, 0.4) is 0 Å². The van der Waals surface area contributed by atoms with Crippen LogP contribution in [0.25, 0.3) is 5.76 Å². The second-order valence-electron chi connectivity index (χ2n) is 11.2. The minimum Gasteiger partial charge on any atom is -0.507 e. The number of fused-ring (bicyclic) bond motifs is 3. The molecule has 0 aromatic heterocycles. The fourth-order valence-corrected chi connectivity index (χ4v) is 6.53. The van der Waals surface area contributed by atoms with Crippen molar-refractivity contribution in [1.29, 1.82) is 0 Å². The van der Waals surface area contributed by atoms with Crippen LogP contribution < -0.4 is 16.0 Å². The minimum atomic E-state index is -2.75. The number of anilines is 2. The smallest absolute Gasteiger partial charge is 0.411 e. The maximum atomic E-state index is 14.0. The number of primary amides is 1. The van der Waals surface area contributed by atoms with E-state index in [4.69, 9.17) is 10.5 Å². The highest BCUT2D eigenvalue weighted by Gasteiger charge is 2.67. The van der Waals surface area contributed by atoms with E-state index in [0.29, 0.717) is 17.7 Å². The van der Waals surface area contributed by atoms with E-state index in [1.54, 1.807) is 39.2 Å². The van der Waals surface area contributed by atoms with Gasteiger partial charge >= 0.3 is 6.09 Å². The van der Waals surface area contributed by atoms with Crippen molar-refractivity contribution in [3.63, 3.8) is 0 Å². The number of carbonyl (C=O) groups is 4. The fraction of sp³-hybridized carbons (Fsp3) is 0.500. The summed E-state index contributed by atoms with van der Waals surface area (Å²) in [5.41, 5.74) is 3.13. The Kier molecular flexibility index (Phi) is 7.91. The lowest BCUT2D eigenvalue weighted by Gasteiger charge is -2.53. The number of aliphatic hydroxyl groups is 3. The molecule has 3 aliphatic carbocycles. The Morgan fingerprint density at radius 3 is 2.46 bits per heavy atom. The standard InChI is InChI=1S/C28H36N4O9/c1-6-7-8-41-27(39)30-15-11-16(31(2)3)13-9-12-10-14-20(32(4)5)23(35)19(26(29)38)25(37)28(14,40)24(36)17(12)22(34)18(13)21(15)33/h6,11-12,14,19-20,23,33-35,40H,1,7-10H2,2-5H3,(H2,29,38)(H,30,39)/t12-,14-,19?,20-,23?,28-/m1/s1. The molecule has 13 heteroatoms. The normalized spacial score (nSPS) is 28.9. The first kappa shape index (κ1) is 30.0. The molecule has 0 aliphatic heterocycles. The van der Waals surface area contributed by atoms with Gasteiger partial charge in [-0.05, 0) is 50.9 Å². The number of carbonyl (C=O) groups excluding carboxylic acids is 4. The van der Waals surface area contributed by atoms with Gasteiger partial charge < -0.3 is 40.7 Å². The topological polar surface area (TPSA) is 203 Å². The molecule has 1 aromatic carbocycles. The molecule has 3 aliphatic rings. The van der Waals surface area contributed by atoms with Gasteiger partial charge in [0, 0.05) is 37.3 Å². The van der Waals surface area contributed by atoms with E-state index in [9.17, 15) is 39.6 Å². The van der Waals surface area contributed by atoms with Crippen molar-refractivity contribution in [2.75, 3.05) is 45.0 Å². The number of benzene rings is 1. The number of likely N-dealkylation sites (N-methyl/N-ethyl adjacent to an activating group) is 1. The summed E-state index contributed by atoms with van der Waals surface area (Å²) < 4.78 is 5.06. The third kappa shape index (κ3) is 4.63. The molecule has 0 heterocycles. The van der Waals surface area contributed by atoms with Crippen LogP contribution in [0.5, 0.6) is 5.75 Å². The fourth-order valence-electron chi connectivity index (χ4n) is 6.53. The zero-order chi connectivity index (χ0) is 30.5. The maximum absolute atomic E-state index is 14.0. The van der Waals surface area contributed by atoms with Crippen LogP contribution in [0.15, 0.2) is 24.3 Å². The lowest BCUT2D eigenvalue weighted by molar-refractivity contribution is -0.184. The first-order valence-electron chi connectivity index (χ1n) is 13.2. The van der Waals surface area contributed by atoms with Crippen LogP contribution in [0.2, 0.25) is 0 Å². The van der Waals surface area contributed by atoms with Crippen molar-refractivity contribution < 1.29 is 44.3 Å². The predicted molar refractivity (Wildman–Crippen MR) is 148 cm³/mol. The van der Waals surface area contributed by atoms with Gasteiger partial charge in [0.05, 0.1) is 24.0 Å². The highest BCUT2D eigenvalue weighted by Crippen LogP contribution is 2.54. The van der Waals surface area contributed by atoms with Gasteiger partial charge in [-0.1, -0.05) is 6.08 Å². The van der Waals surface area contributed by atoms with E-state index in [1.807, 2.05) is 0 Å². The molecule has 0 spiro atoms. The second kappa shape index (κ2) is 10.8. The first-order chi connectivity index (χ1) is 19.2. The Hall–Kier alpha value is -3.94. The van der Waals surface area contributed by atoms with E-state index in [2.05, 4.69) is 11.9 Å². The molecule has 1 aromatic rings. The van der Waals surface area contributed by atoms with Gasteiger partial charge in [-0.2, -0.15) is 0 Å². The maximum Gasteiger partial charge on any atom is 0.411 e. The zero-order valence-electron chi connectivity index (χ0n) is 23.4. The largest absolute Gasteiger partial charge is 0.507 e. The summed E-state index contributed by atoms with van der Waals surface area (Å²) in [6.07, 6.45) is -0.323. The van der Waals surface area contributed by atoms with Gasteiger partial charge in [0.15, 0.2) is 17.1 Å². The van der Waals surface area contributed by atoms with Gasteiger partial charge in [0.1, 0.15) is 11.7 Å². The lowest BCUT2D eigenvalue weighted by atomic mass is 9.54. The Morgan fingerprint density at radius 2 is 1.90 bits per heavy atom. The van der Waals surface area contributed by atoms with Crippen molar-refractivity contribution in [3.8, 4) is 5.75 Å².